The summed E-state index contributed by atoms with van der Waals surface area (Å²) in [6.07, 6.45) is 0.843. The van der Waals surface area contributed by atoms with Crippen LogP contribution in [0.3, 0.4) is 0 Å². The van der Waals surface area contributed by atoms with E-state index in [9.17, 15) is 25.0 Å². The predicted octanol–water partition coefficient (Wildman–Crippen LogP) is 3.50. The Labute approximate surface area is 155 Å². The summed E-state index contributed by atoms with van der Waals surface area (Å²) in [5, 5.41) is 22.0. The molecule has 4 atom stereocenters. The zero-order valence-corrected chi connectivity index (χ0v) is 15.6. The molecule has 146 valence electrons. The van der Waals surface area contributed by atoms with E-state index in [4.69, 9.17) is 9.47 Å². The van der Waals surface area contributed by atoms with E-state index in [2.05, 4.69) is 13.8 Å². The fourth-order valence-electron chi connectivity index (χ4n) is 4.29. The Balaban J connectivity index is 1.86. The van der Waals surface area contributed by atoms with Gasteiger partial charge in [0.05, 0.1) is 21.5 Å². The van der Waals surface area contributed by atoms with Gasteiger partial charge >= 0.3 is 5.97 Å². The average Bonchev–Trinajstić information content (AvgIpc) is 3.13. The first-order valence-corrected chi connectivity index (χ1v) is 8.69. The Kier molecular flexibility index (Phi) is 4.46. The van der Waals surface area contributed by atoms with Crippen LogP contribution in [-0.2, 0) is 9.47 Å². The summed E-state index contributed by atoms with van der Waals surface area (Å²) in [6, 6.07) is 2.80. The van der Waals surface area contributed by atoms with Crippen molar-refractivity contribution in [2.45, 2.75) is 45.3 Å². The number of hydrogen-bond acceptors (Lipinski definition) is 7. The molecular weight excluding hydrogens is 356 g/mol. The monoisotopic (exact) mass is 378 g/mol. The number of carbonyl (C=O) groups is 1. The second kappa shape index (κ2) is 6.26. The van der Waals surface area contributed by atoms with Crippen LogP contribution in [0, 0.1) is 37.5 Å². The smallest absolute Gasteiger partial charge is 0.339 e. The molecule has 1 aromatic carbocycles. The highest BCUT2D eigenvalue weighted by molar-refractivity contribution is 5.91. The molecule has 0 unspecified atom stereocenters. The van der Waals surface area contributed by atoms with Crippen molar-refractivity contribution >= 4 is 17.3 Å². The highest BCUT2D eigenvalue weighted by Crippen LogP contribution is 2.67. The van der Waals surface area contributed by atoms with Gasteiger partial charge in [-0.2, -0.15) is 0 Å². The number of nitrogens with zero attached hydrogens (tertiary/aromatic N) is 2. The van der Waals surface area contributed by atoms with Crippen LogP contribution in [0.25, 0.3) is 0 Å². The van der Waals surface area contributed by atoms with Gasteiger partial charge in [0.1, 0.15) is 11.7 Å². The summed E-state index contributed by atoms with van der Waals surface area (Å²) in [6.45, 7) is 6.23. The molecule has 1 aromatic rings. The number of hydrogen-bond donors (Lipinski definition) is 0. The van der Waals surface area contributed by atoms with E-state index in [-0.39, 0.29) is 11.0 Å². The molecule has 2 fully saturated rings. The van der Waals surface area contributed by atoms with Crippen molar-refractivity contribution in [2.75, 3.05) is 7.11 Å². The van der Waals surface area contributed by atoms with Gasteiger partial charge in [-0.1, -0.05) is 13.8 Å². The number of esters is 1. The fraction of sp³-hybridized carbons (Fsp3) is 0.611. The summed E-state index contributed by atoms with van der Waals surface area (Å²) < 4.78 is 11.3. The van der Waals surface area contributed by atoms with E-state index < -0.39 is 38.9 Å². The van der Waals surface area contributed by atoms with E-state index >= 15 is 0 Å². The lowest BCUT2D eigenvalue weighted by Crippen LogP contribution is -2.47. The van der Waals surface area contributed by atoms with Crippen molar-refractivity contribution in [3.8, 4) is 0 Å². The minimum atomic E-state index is -0.827. The van der Waals surface area contributed by atoms with Gasteiger partial charge < -0.3 is 9.47 Å². The molecule has 2 aliphatic rings. The molecule has 0 bridgehead atoms. The lowest BCUT2D eigenvalue weighted by molar-refractivity contribution is -0.394. The highest BCUT2D eigenvalue weighted by Gasteiger charge is 2.65. The maximum Gasteiger partial charge on any atom is 0.339 e. The van der Waals surface area contributed by atoms with Crippen molar-refractivity contribution in [1.29, 1.82) is 0 Å². The number of carbonyl (C=O) groups excluding carboxylic acids is 1. The molecule has 0 radical (unpaired) electrons. The molecule has 9 heteroatoms. The number of ether oxygens (including phenoxy) is 2. The standard InChI is InChI=1S/C18H22N2O7/c1-17(2)13-8-15(18(3,26-4)9-14(13)17)27-16(21)10-5-11(19(22)23)7-12(6-10)20(24)25/h5-7,13-15H,8-9H2,1-4H3/t13-,14-,15-,18-/m1/s1. The van der Waals surface area contributed by atoms with Gasteiger partial charge in [-0.15, -0.1) is 0 Å². The average molecular weight is 378 g/mol. The van der Waals surface area contributed by atoms with E-state index in [1.54, 1.807) is 7.11 Å². The summed E-state index contributed by atoms with van der Waals surface area (Å²) in [5.74, 6) is 0.0845. The highest BCUT2D eigenvalue weighted by atomic mass is 16.6. The third kappa shape index (κ3) is 3.27. The van der Waals surface area contributed by atoms with Crippen LogP contribution >= 0.6 is 0 Å². The SMILES string of the molecule is CO[C@]1(C)C[C@@H]2[C@@H](C[C@H]1OC(=O)c1cc([N+](=O)[O-])cc([N+](=O)[O-])c1)C2(C)C. The van der Waals surface area contributed by atoms with Crippen LogP contribution in [0.1, 0.15) is 44.0 Å². The fourth-order valence-corrected chi connectivity index (χ4v) is 4.29. The Bertz CT molecular complexity index is 790. The third-order valence-electron chi connectivity index (χ3n) is 6.34. The minimum absolute atomic E-state index is 0.158. The van der Waals surface area contributed by atoms with Gasteiger partial charge in [-0.25, -0.2) is 4.79 Å². The molecular formula is C18H22N2O7. The van der Waals surface area contributed by atoms with Gasteiger partial charge in [0.25, 0.3) is 11.4 Å². The number of nitro groups is 2. The van der Waals surface area contributed by atoms with Crippen LogP contribution in [0.2, 0.25) is 0 Å². The zero-order valence-electron chi connectivity index (χ0n) is 15.6. The first-order chi connectivity index (χ1) is 12.5. The topological polar surface area (TPSA) is 122 Å². The lowest BCUT2D eigenvalue weighted by atomic mass is 9.83. The van der Waals surface area contributed by atoms with Crippen LogP contribution in [-0.4, -0.2) is 34.6 Å². The second-order valence-electron chi connectivity index (χ2n) is 8.14. The Morgan fingerprint density at radius 3 is 2.11 bits per heavy atom. The van der Waals surface area contributed by atoms with Crippen molar-refractivity contribution in [2.24, 2.45) is 17.3 Å². The van der Waals surface area contributed by atoms with E-state index in [0.29, 0.717) is 18.3 Å². The number of fused-ring (bicyclic) bond motifs is 1. The number of benzene rings is 1. The van der Waals surface area contributed by atoms with Crippen LogP contribution < -0.4 is 0 Å². The van der Waals surface area contributed by atoms with Crippen molar-refractivity contribution in [3.05, 3.63) is 44.0 Å². The summed E-state index contributed by atoms with van der Waals surface area (Å²) in [7, 11) is 1.56. The molecule has 27 heavy (non-hydrogen) atoms. The van der Waals surface area contributed by atoms with Gasteiger partial charge in [-0.05, 0) is 37.0 Å². The van der Waals surface area contributed by atoms with Crippen LogP contribution in [0.15, 0.2) is 18.2 Å². The van der Waals surface area contributed by atoms with Crippen LogP contribution in [0.4, 0.5) is 11.4 Å². The molecule has 0 heterocycles. The molecule has 3 rings (SSSR count). The maximum absolute atomic E-state index is 12.6. The summed E-state index contributed by atoms with van der Waals surface area (Å²) in [5.41, 5.74) is -1.79. The Hall–Kier alpha value is -2.55. The van der Waals surface area contributed by atoms with Gasteiger partial charge in [0.2, 0.25) is 0 Å². The van der Waals surface area contributed by atoms with E-state index in [1.807, 2.05) is 6.92 Å². The van der Waals surface area contributed by atoms with Gasteiger partial charge in [0, 0.05) is 19.2 Å². The number of methoxy groups -OCH3 is 1. The second-order valence-corrected chi connectivity index (χ2v) is 8.14. The molecule has 0 aromatic heterocycles. The normalized spacial score (nSPS) is 30.9. The van der Waals surface area contributed by atoms with E-state index in [1.165, 1.54) is 0 Å². The quantitative estimate of drug-likeness (QED) is 0.436. The van der Waals surface area contributed by atoms with Gasteiger partial charge in [0.15, 0.2) is 0 Å². The number of non-ortho nitro benzene ring substituents is 2. The first kappa shape index (κ1) is 19.2. The van der Waals surface area contributed by atoms with Crippen molar-refractivity contribution in [3.63, 3.8) is 0 Å². The summed E-state index contributed by atoms with van der Waals surface area (Å²) >= 11 is 0. The molecule has 0 amide bonds. The largest absolute Gasteiger partial charge is 0.456 e. The molecule has 0 aliphatic heterocycles. The van der Waals surface area contributed by atoms with Crippen molar-refractivity contribution in [1.82, 2.24) is 0 Å². The van der Waals surface area contributed by atoms with E-state index in [0.717, 1.165) is 24.6 Å². The molecule has 0 N–H and O–H groups in total. The predicted molar refractivity (Wildman–Crippen MR) is 94.4 cm³/mol. The molecule has 2 saturated carbocycles. The zero-order chi connectivity index (χ0) is 20.1. The van der Waals surface area contributed by atoms with Gasteiger partial charge in [-0.3, -0.25) is 20.2 Å². The summed E-state index contributed by atoms with van der Waals surface area (Å²) in [4.78, 5) is 33.1. The number of nitro benzene ring substituents is 2. The molecule has 0 spiro atoms. The first-order valence-electron chi connectivity index (χ1n) is 8.69. The maximum atomic E-state index is 12.6. The van der Waals surface area contributed by atoms with Crippen molar-refractivity contribution < 1.29 is 24.1 Å². The lowest BCUT2D eigenvalue weighted by Gasteiger charge is -2.39. The van der Waals surface area contributed by atoms with Crippen LogP contribution in [0.5, 0.6) is 0 Å². The minimum Gasteiger partial charge on any atom is -0.456 e. The molecule has 2 aliphatic carbocycles. The third-order valence-corrected chi connectivity index (χ3v) is 6.34. The molecule has 0 saturated heterocycles. The number of rotatable bonds is 5. The Morgan fingerprint density at radius 1 is 1.07 bits per heavy atom. The molecule has 9 nitrogen and oxygen atoms in total. The Morgan fingerprint density at radius 2 is 1.63 bits per heavy atom.